The Balaban J connectivity index is 0. The maximum absolute atomic E-state index is 9.92. The highest BCUT2D eigenvalue weighted by Gasteiger charge is 2.01. The average Bonchev–Trinajstić information content (AvgIpc) is 1.87. The van der Waals surface area contributed by atoms with Crippen LogP contribution >= 0.6 is 0 Å². The number of nitrogens with one attached hydrogen (secondary N) is 1. The van der Waals surface area contributed by atoms with Crippen LogP contribution in [0.5, 0.6) is 0 Å². The molecule has 0 aliphatic carbocycles. The predicted molar refractivity (Wildman–Crippen MR) is 39.0 cm³/mol. The van der Waals surface area contributed by atoms with Crippen LogP contribution in [0.2, 0.25) is 0 Å². The van der Waals surface area contributed by atoms with Gasteiger partial charge < -0.3 is 11.5 Å². The quantitative estimate of drug-likeness (QED) is 0.349. The van der Waals surface area contributed by atoms with Gasteiger partial charge in [0.05, 0.1) is 14.2 Å². The van der Waals surface area contributed by atoms with Gasteiger partial charge in [0.2, 0.25) is 0 Å². The molecule has 5 N–H and O–H groups in total. The highest BCUT2D eigenvalue weighted by molar-refractivity contribution is 7.81. The van der Waals surface area contributed by atoms with E-state index in [9.17, 15) is 8.42 Å². The molecule has 7 nitrogen and oxygen atoms in total. The van der Waals surface area contributed by atoms with Gasteiger partial charge in [-0.1, -0.05) is 0 Å². The lowest BCUT2D eigenvalue weighted by molar-refractivity contribution is 0.286. The van der Waals surface area contributed by atoms with Gasteiger partial charge in [0.1, 0.15) is 0 Å². The number of hydrogen-bond acceptors (Lipinski definition) is 5. The smallest absolute Gasteiger partial charge is 0.370 e. The third-order valence-corrected chi connectivity index (χ3v) is 1.22. The molecule has 0 unspecified atom stereocenters. The normalized spacial score (nSPS) is 9.64. The molecule has 0 aromatic rings. The minimum absolute atomic E-state index is 0.333. The third kappa shape index (κ3) is 17.6. The van der Waals surface area contributed by atoms with Gasteiger partial charge >= 0.3 is 10.4 Å². The maximum atomic E-state index is 9.92. The van der Waals surface area contributed by atoms with Crippen LogP contribution in [0.15, 0.2) is 0 Å². The molecule has 8 heteroatoms. The average molecular weight is 185 g/mol. The van der Waals surface area contributed by atoms with Crippen molar-refractivity contribution < 1.29 is 16.8 Å². The largest absolute Gasteiger partial charge is 0.399 e. The zero-order chi connectivity index (χ0) is 9.49. The molecule has 0 aromatic carbocycles. The van der Waals surface area contributed by atoms with Crippen LogP contribution < -0.4 is 11.5 Å². The number of nitrogens with two attached hydrogens (primary N) is 2. The fourth-order valence-corrected chi connectivity index (χ4v) is 0.204. The van der Waals surface area contributed by atoms with E-state index in [0.29, 0.717) is 0 Å². The molecule has 0 fully saturated rings. The van der Waals surface area contributed by atoms with E-state index in [1.807, 2.05) is 0 Å². The Morgan fingerprint density at radius 3 is 1.45 bits per heavy atom. The molecule has 0 amide bonds. The number of guanidine groups is 1. The first kappa shape index (κ1) is 12.8. The van der Waals surface area contributed by atoms with Crippen molar-refractivity contribution >= 4 is 16.4 Å². The summed E-state index contributed by atoms with van der Waals surface area (Å²) in [6.45, 7) is 0. The molecule has 68 valence electrons. The molecule has 0 rings (SSSR count). The Morgan fingerprint density at radius 1 is 1.27 bits per heavy atom. The van der Waals surface area contributed by atoms with E-state index in [1.54, 1.807) is 0 Å². The molecule has 0 atom stereocenters. The highest BCUT2D eigenvalue weighted by atomic mass is 32.3. The monoisotopic (exact) mass is 185 g/mol. The van der Waals surface area contributed by atoms with Crippen molar-refractivity contribution in [1.82, 2.24) is 0 Å². The maximum Gasteiger partial charge on any atom is 0.399 e. The minimum Gasteiger partial charge on any atom is -0.370 e. The lowest BCUT2D eigenvalue weighted by atomic mass is 11.1. The van der Waals surface area contributed by atoms with E-state index in [4.69, 9.17) is 5.41 Å². The lowest BCUT2D eigenvalue weighted by Gasteiger charge is -1.91. The highest BCUT2D eigenvalue weighted by Crippen LogP contribution is 1.85. The zero-order valence-electron chi connectivity index (χ0n) is 6.20. The lowest BCUT2D eigenvalue weighted by Crippen LogP contribution is -2.20. The molecular weight excluding hydrogens is 174 g/mol. The first-order valence-electron chi connectivity index (χ1n) is 2.31. The summed E-state index contributed by atoms with van der Waals surface area (Å²) < 4.78 is 27.5. The first-order chi connectivity index (χ1) is 4.85. The molecule has 11 heavy (non-hydrogen) atoms. The standard InChI is InChI=1S/C2H6O4S.CH5N3/c1-5-7(3,4)6-2;2-1(3)4/h1-2H3;(H5,2,3,4). The van der Waals surface area contributed by atoms with E-state index in [0.717, 1.165) is 14.2 Å². The van der Waals surface area contributed by atoms with Crippen molar-refractivity contribution in [1.29, 1.82) is 5.41 Å². The second-order valence-electron chi connectivity index (χ2n) is 1.20. The van der Waals surface area contributed by atoms with Crippen molar-refractivity contribution in [3.8, 4) is 0 Å². The van der Waals surface area contributed by atoms with Crippen LogP contribution in [0.25, 0.3) is 0 Å². The summed E-state index contributed by atoms with van der Waals surface area (Å²) in [7, 11) is -1.60. The summed E-state index contributed by atoms with van der Waals surface area (Å²) in [5.41, 5.74) is 8.94. The Hall–Kier alpha value is -0.860. The topological polar surface area (TPSA) is 128 Å². The summed E-state index contributed by atoms with van der Waals surface area (Å²) in [6.07, 6.45) is 0. The Morgan fingerprint density at radius 2 is 1.45 bits per heavy atom. The summed E-state index contributed by atoms with van der Waals surface area (Å²) in [5.74, 6) is -0.333. The van der Waals surface area contributed by atoms with Crippen molar-refractivity contribution in [2.45, 2.75) is 0 Å². The van der Waals surface area contributed by atoms with Gasteiger partial charge in [0.25, 0.3) is 0 Å². The van der Waals surface area contributed by atoms with E-state index < -0.39 is 10.4 Å². The molecule has 0 aliphatic heterocycles. The fourth-order valence-electron chi connectivity index (χ4n) is 0.0680. The fraction of sp³-hybridized carbons (Fsp3) is 0.667. The molecule has 0 aliphatic rings. The molecule has 0 saturated carbocycles. The van der Waals surface area contributed by atoms with Gasteiger partial charge in [0, 0.05) is 0 Å². The SMILES string of the molecule is COS(=O)(=O)OC.N=C(N)N. The van der Waals surface area contributed by atoms with E-state index in [1.165, 1.54) is 0 Å². The second kappa shape index (κ2) is 5.89. The predicted octanol–water partition coefficient (Wildman–Crippen LogP) is -1.64. The summed E-state index contributed by atoms with van der Waals surface area (Å²) in [4.78, 5) is 0. The van der Waals surface area contributed by atoms with Crippen LogP contribution in [0.1, 0.15) is 0 Å². The van der Waals surface area contributed by atoms with Crippen LogP contribution in [0.3, 0.4) is 0 Å². The molecule has 0 heterocycles. The second-order valence-corrected chi connectivity index (χ2v) is 2.68. The van der Waals surface area contributed by atoms with Crippen LogP contribution in [0.4, 0.5) is 0 Å². The molecule has 0 bridgehead atoms. The van der Waals surface area contributed by atoms with Crippen molar-refractivity contribution in [2.24, 2.45) is 11.5 Å². The van der Waals surface area contributed by atoms with Gasteiger partial charge in [-0.05, 0) is 0 Å². The van der Waals surface area contributed by atoms with Crippen LogP contribution in [-0.4, -0.2) is 28.6 Å². The van der Waals surface area contributed by atoms with Crippen LogP contribution in [0, 0.1) is 5.41 Å². The van der Waals surface area contributed by atoms with Crippen LogP contribution in [-0.2, 0) is 18.8 Å². The zero-order valence-corrected chi connectivity index (χ0v) is 7.01. The van der Waals surface area contributed by atoms with Gasteiger partial charge in [-0.2, -0.15) is 8.42 Å². The summed E-state index contributed by atoms with van der Waals surface area (Å²) >= 11 is 0. The van der Waals surface area contributed by atoms with Crippen molar-refractivity contribution in [2.75, 3.05) is 14.2 Å². The third-order valence-electron chi connectivity index (χ3n) is 0.408. The Labute approximate surface area is 65.1 Å². The van der Waals surface area contributed by atoms with Gasteiger partial charge in [0.15, 0.2) is 5.96 Å². The van der Waals surface area contributed by atoms with E-state index in [2.05, 4.69) is 19.8 Å². The van der Waals surface area contributed by atoms with Crippen molar-refractivity contribution in [3.63, 3.8) is 0 Å². The van der Waals surface area contributed by atoms with Gasteiger partial charge in [-0.15, -0.1) is 0 Å². The van der Waals surface area contributed by atoms with E-state index in [-0.39, 0.29) is 5.96 Å². The van der Waals surface area contributed by atoms with Crippen molar-refractivity contribution in [3.05, 3.63) is 0 Å². The molecule has 0 aromatic heterocycles. The Bertz CT molecular complexity index is 185. The first-order valence-corrected chi connectivity index (χ1v) is 3.64. The molecular formula is C3H11N3O4S. The molecule has 0 spiro atoms. The van der Waals surface area contributed by atoms with Gasteiger partial charge in [-0.3, -0.25) is 13.8 Å². The Kier molecular flexibility index (Phi) is 6.85. The van der Waals surface area contributed by atoms with Gasteiger partial charge in [-0.25, -0.2) is 0 Å². The summed E-state index contributed by atoms with van der Waals surface area (Å²) in [6, 6.07) is 0. The number of rotatable bonds is 2. The van der Waals surface area contributed by atoms with E-state index >= 15 is 0 Å². The minimum atomic E-state index is -3.66. The number of hydrogen-bond donors (Lipinski definition) is 3. The molecule has 0 radical (unpaired) electrons. The summed E-state index contributed by atoms with van der Waals surface area (Å²) in [5, 5.41) is 6.06. The molecule has 0 saturated heterocycles.